The minimum atomic E-state index is 0. The highest BCUT2D eigenvalue weighted by Crippen LogP contribution is 2.36. The summed E-state index contributed by atoms with van der Waals surface area (Å²) in [6.07, 6.45) is 5.48. The number of hydrogen-bond donors (Lipinski definition) is 3. The number of nitrogens with zero attached hydrogens (tertiary/aromatic N) is 4. The van der Waals surface area contributed by atoms with E-state index in [0.29, 0.717) is 5.16 Å². The maximum atomic E-state index is 6.65. The summed E-state index contributed by atoms with van der Waals surface area (Å²) in [5, 5.41) is 5.43. The molecule has 0 spiro atoms. The van der Waals surface area contributed by atoms with Gasteiger partial charge in [-0.25, -0.2) is 9.97 Å². The van der Waals surface area contributed by atoms with E-state index in [4.69, 9.17) is 21.6 Å². The minimum Gasteiger partial charge on any atom is -0.387 e. The number of pyridine rings is 1. The van der Waals surface area contributed by atoms with Gasteiger partial charge in [0.2, 0.25) is 0 Å². The highest BCUT2D eigenvalue weighted by molar-refractivity contribution is 7.99. The van der Waals surface area contributed by atoms with Crippen molar-refractivity contribution in [2.75, 3.05) is 30.4 Å². The van der Waals surface area contributed by atoms with Crippen molar-refractivity contribution >= 4 is 45.9 Å². The van der Waals surface area contributed by atoms with Crippen molar-refractivity contribution in [1.29, 1.82) is 0 Å². The minimum absolute atomic E-state index is 0. The molecule has 0 aliphatic rings. The number of halogens is 1. The standard InChI is InChI=1S/C19H25ClN6S.CH4.H3N/c1-5-8-26(7-3)18-15-16(20)14(6-2)23-17(15)24-19(25-18)27-13-9-12(21-4)10-22-11-13;;/h9-11,21H,5-8H2,1-4H3,(H,23,24,25);1H4;1H3. The Balaban J connectivity index is 0.00000210. The zero-order valence-electron chi connectivity index (χ0n) is 16.8. The van der Waals surface area contributed by atoms with Crippen LogP contribution in [-0.2, 0) is 6.42 Å². The van der Waals surface area contributed by atoms with E-state index in [9.17, 15) is 0 Å². The van der Waals surface area contributed by atoms with Crippen molar-refractivity contribution in [3.05, 3.63) is 29.2 Å². The molecule has 3 aromatic rings. The number of hydrogen-bond acceptors (Lipinski definition) is 7. The molecule has 3 rings (SSSR count). The maximum Gasteiger partial charge on any atom is 0.196 e. The van der Waals surface area contributed by atoms with Gasteiger partial charge in [0, 0.05) is 36.9 Å². The van der Waals surface area contributed by atoms with Gasteiger partial charge in [0.05, 0.1) is 22.3 Å². The Bertz CT molecular complexity index is 929. The molecule has 0 radical (unpaired) electrons. The van der Waals surface area contributed by atoms with Crippen LogP contribution in [0.2, 0.25) is 5.02 Å². The monoisotopic (exact) mass is 437 g/mol. The van der Waals surface area contributed by atoms with Crippen LogP contribution in [0.3, 0.4) is 0 Å². The predicted molar refractivity (Wildman–Crippen MR) is 126 cm³/mol. The van der Waals surface area contributed by atoms with Crippen molar-refractivity contribution in [3.63, 3.8) is 0 Å². The molecule has 0 aliphatic carbocycles. The summed E-state index contributed by atoms with van der Waals surface area (Å²) < 4.78 is 0. The van der Waals surface area contributed by atoms with E-state index in [2.05, 4.69) is 41.0 Å². The largest absolute Gasteiger partial charge is 0.387 e. The molecule has 9 heteroatoms. The van der Waals surface area contributed by atoms with Gasteiger partial charge in [-0.1, -0.05) is 32.9 Å². The second-order valence-corrected chi connectivity index (χ2v) is 7.58. The topological polar surface area (TPSA) is 105 Å². The smallest absolute Gasteiger partial charge is 0.196 e. The Morgan fingerprint density at radius 2 is 1.97 bits per heavy atom. The Labute approximate surface area is 182 Å². The lowest BCUT2D eigenvalue weighted by Crippen LogP contribution is -2.25. The molecule has 0 aromatic carbocycles. The molecule has 29 heavy (non-hydrogen) atoms. The number of fused-ring (bicyclic) bond motifs is 1. The number of aryl methyl sites for hydroxylation is 1. The van der Waals surface area contributed by atoms with Gasteiger partial charge in [-0.3, -0.25) is 4.98 Å². The second-order valence-electron chi connectivity index (χ2n) is 6.17. The Morgan fingerprint density at radius 3 is 2.59 bits per heavy atom. The number of anilines is 2. The zero-order chi connectivity index (χ0) is 19.4. The normalized spacial score (nSPS) is 10.4. The third-order valence-corrected chi connectivity index (χ3v) is 5.60. The molecule has 0 bridgehead atoms. The van der Waals surface area contributed by atoms with Gasteiger partial charge >= 0.3 is 0 Å². The number of aromatic amines is 1. The van der Waals surface area contributed by atoms with Gasteiger partial charge in [0.25, 0.3) is 0 Å². The molecule has 0 amide bonds. The quantitative estimate of drug-likeness (QED) is 0.382. The molecule has 3 heterocycles. The van der Waals surface area contributed by atoms with E-state index in [1.54, 1.807) is 6.20 Å². The molecular weight excluding hydrogens is 406 g/mol. The van der Waals surface area contributed by atoms with E-state index in [1.165, 1.54) is 11.8 Å². The van der Waals surface area contributed by atoms with Crippen molar-refractivity contribution in [2.45, 2.75) is 51.1 Å². The third kappa shape index (κ3) is 5.32. The van der Waals surface area contributed by atoms with Gasteiger partial charge < -0.3 is 21.4 Å². The SMILES string of the molecule is C.CCCN(CC)c1nc(Sc2cncc(NC)c2)nc2[nH]c(CC)c(Cl)c12.N. The predicted octanol–water partition coefficient (Wildman–Crippen LogP) is 5.80. The van der Waals surface area contributed by atoms with Crippen molar-refractivity contribution in [3.8, 4) is 0 Å². The van der Waals surface area contributed by atoms with Gasteiger partial charge in [-0.05, 0) is 37.6 Å². The summed E-state index contributed by atoms with van der Waals surface area (Å²) in [5.74, 6) is 0.894. The van der Waals surface area contributed by atoms with Crippen LogP contribution in [0.4, 0.5) is 11.5 Å². The second kappa shape index (κ2) is 11.2. The van der Waals surface area contributed by atoms with E-state index in [0.717, 1.165) is 64.1 Å². The van der Waals surface area contributed by atoms with Crippen LogP contribution in [0.1, 0.15) is 40.3 Å². The summed E-state index contributed by atoms with van der Waals surface area (Å²) in [5.41, 5.74) is 2.74. The molecule has 0 saturated heterocycles. The first-order valence-electron chi connectivity index (χ1n) is 9.24. The van der Waals surface area contributed by atoms with Gasteiger partial charge in [0.15, 0.2) is 5.16 Å². The first-order chi connectivity index (χ1) is 13.1. The first kappa shape index (κ1) is 25.0. The molecule has 0 aliphatic heterocycles. The number of aromatic nitrogens is 4. The summed E-state index contributed by atoms with van der Waals surface area (Å²) in [7, 11) is 1.88. The van der Waals surface area contributed by atoms with Crippen LogP contribution in [0.15, 0.2) is 28.5 Å². The van der Waals surface area contributed by atoms with E-state index in [1.807, 2.05) is 19.3 Å². The molecule has 7 nitrogen and oxygen atoms in total. The summed E-state index contributed by atoms with van der Waals surface area (Å²) in [6.45, 7) is 8.17. The lowest BCUT2D eigenvalue weighted by atomic mass is 10.2. The lowest BCUT2D eigenvalue weighted by Gasteiger charge is -2.22. The highest BCUT2D eigenvalue weighted by atomic mass is 35.5. The molecule has 5 N–H and O–H groups in total. The molecular formula is C20H32ClN7S. The molecule has 160 valence electrons. The average molecular weight is 438 g/mol. The molecule has 0 unspecified atom stereocenters. The molecule has 0 saturated carbocycles. The van der Waals surface area contributed by atoms with Gasteiger partial charge in [-0.2, -0.15) is 0 Å². The number of H-pyrrole nitrogens is 1. The van der Waals surface area contributed by atoms with Crippen LogP contribution in [0, 0.1) is 0 Å². The Kier molecular flexibility index (Phi) is 9.68. The summed E-state index contributed by atoms with van der Waals surface area (Å²) >= 11 is 8.15. The van der Waals surface area contributed by atoms with Crippen molar-refractivity contribution in [2.24, 2.45) is 0 Å². The van der Waals surface area contributed by atoms with Crippen molar-refractivity contribution < 1.29 is 0 Å². The van der Waals surface area contributed by atoms with Crippen LogP contribution in [-0.4, -0.2) is 40.1 Å². The highest BCUT2D eigenvalue weighted by Gasteiger charge is 2.20. The van der Waals surface area contributed by atoms with Crippen LogP contribution >= 0.6 is 23.4 Å². The van der Waals surface area contributed by atoms with Crippen LogP contribution in [0.5, 0.6) is 0 Å². The number of rotatable bonds is 8. The lowest BCUT2D eigenvalue weighted by molar-refractivity contribution is 0.771. The van der Waals surface area contributed by atoms with E-state index >= 15 is 0 Å². The van der Waals surface area contributed by atoms with Crippen molar-refractivity contribution in [1.82, 2.24) is 26.1 Å². The van der Waals surface area contributed by atoms with Crippen LogP contribution < -0.4 is 16.4 Å². The average Bonchev–Trinajstić information content (AvgIpc) is 3.01. The molecule has 0 atom stereocenters. The molecule has 3 aromatic heterocycles. The molecule has 0 fully saturated rings. The maximum absolute atomic E-state index is 6.65. The van der Waals surface area contributed by atoms with Gasteiger partial charge in [0.1, 0.15) is 11.5 Å². The number of nitrogens with one attached hydrogen (secondary N) is 2. The van der Waals surface area contributed by atoms with E-state index in [-0.39, 0.29) is 13.6 Å². The zero-order valence-corrected chi connectivity index (χ0v) is 18.4. The fraction of sp³-hybridized carbons (Fsp3) is 0.450. The fourth-order valence-electron chi connectivity index (χ4n) is 2.99. The van der Waals surface area contributed by atoms with Crippen LogP contribution in [0.25, 0.3) is 11.0 Å². The third-order valence-electron chi connectivity index (χ3n) is 4.36. The van der Waals surface area contributed by atoms with E-state index < -0.39 is 0 Å². The Morgan fingerprint density at radius 1 is 1.21 bits per heavy atom. The first-order valence-corrected chi connectivity index (χ1v) is 10.4. The fourth-order valence-corrected chi connectivity index (χ4v) is 4.12. The van der Waals surface area contributed by atoms with Gasteiger partial charge in [-0.15, -0.1) is 0 Å². The summed E-state index contributed by atoms with van der Waals surface area (Å²) in [4.78, 5) is 20.5. The summed E-state index contributed by atoms with van der Waals surface area (Å²) in [6, 6.07) is 2.04. The Hall–Kier alpha value is -2.03.